The number of anilines is 1. The number of aromatic nitrogens is 2. The third-order valence-corrected chi connectivity index (χ3v) is 5.15. The molecule has 7 nitrogen and oxygen atoms in total. The molecule has 0 fully saturated rings. The van der Waals surface area contributed by atoms with Gasteiger partial charge in [0, 0.05) is 12.2 Å². The first-order valence-corrected chi connectivity index (χ1v) is 8.76. The predicted octanol–water partition coefficient (Wildman–Crippen LogP) is 2.94. The standard InChI is InChI=1S/C14H12Cl2IN5O2/c15-8-2-1-7(5-9(8)16)19-13(23)11-10-6-21(14(18)24)3-4-22(10)20-12(11)17/h1-2,5H,3-4,6H2,(H2,18,24)(H,19,23). The number of hydrogen-bond acceptors (Lipinski definition) is 3. The van der Waals surface area contributed by atoms with Crippen molar-refractivity contribution < 1.29 is 9.59 Å². The fourth-order valence-electron chi connectivity index (χ4n) is 2.47. The van der Waals surface area contributed by atoms with Crippen LogP contribution in [0.2, 0.25) is 10.0 Å². The summed E-state index contributed by atoms with van der Waals surface area (Å²) in [7, 11) is 0. The van der Waals surface area contributed by atoms with E-state index in [1.807, 2.05) is 22.6 Å². The number of carbonyl (C=O) groups is 2. The van der Waals surface area contributed by atoms with Crippen molar-refractivity contribution in [3.63, 3.8) is 0 Å². The van der Waals surface area contributed by atoms with E-state index in [-0.39, 0.29) is 12.5 Å². The number of fused-ring (bicyclic) bond motifs is 1. The monoisotopic (exact) mass is 479 g/mol. The molecule has 3 rings (SSSR count). The van der Waals surface area contributed by atoms with E-state index in [1.54, 1.807) is 22.9 Å². The van der Waals surface area contributed by atoms with Crippen molar-refractivity contribution >= 4 is 63.4 Å². The van der Waals surface area contributed by atoms with Gasteiger partial charge in [0.15, 0.2) is 0 Å². The van der Waals surface area contributed by atoms with Crippen molar-refractivity contribution in [3.05, 3.63) is 43.2 Å². The highest BCUT2D eigenvalue weighted by Crippen LogP contribution is 2.27. The van der Waals surface area contributed by atoms with Crippen molar-refractivity contribution in [1.82, 2.24) is 14.7 Å². The Morgan fingerprint density at radius 1 is 1.25 bits per heavy atom. The van der Waals surface area contributed by atoms with Gasteiger partial charge >= 0.3 is 6.03 Å². The van der Waals surface area contributed by atoms with Gasteiger partial charge < -0.3 is 16.0 Å². The Labute approximate surface area is 161 Å². The predicted molar refractivity (Wildman–Crippen MR) is 99.4 cm³/mol. The number of halogens is 3. The summed E-state index contributed by atoms with van der Waals surface area (Å²) in [6, 6.07) is 4.31. The molecule has 0 radical (unpaired) electrons. The van der Waals surface area contributed by atoms with E-state index >= 15 is 0 Å². The van der Waals surface area contributed by atoms with Crippen molar-refractivity contribution in [2.24, 2.45) is 5.73 Å². The van der Waals surface area contributed by atoms with Gasteiger partial charge in [0.1, 0.15) is 3.70 Å². The normalized spacial score (nSPS) is 13.5. The molecule has 1 aromatic carbocycles. The van der Waals surface area contributed by atoms with Gasteiger partial charge in [-0.05, 0) is 40.8 Å². The maximum absolute atomic E-state index is 12.7. The Hall–Kier alpha value is -1.52. The molecule has 0 aliphatic carbocycles. The molecule has 0 saturated heterocycles. The number of amides is 3. The molecule has 3 N–H and O–H groups in total. The molecule has 0 bridgehead atoms. The van der Waals surface area contributed by atoms with Gasteiger partial charge in [0.2, 0.25) is 0 Å². The first-order chi connectivity index (χ1) is 11.4. The second-order valence-electron chi connectivity index (χ2n) is 5.18. The van der Waals surface area contributed by atoms with Crippen LogP contribution in [0.4, 0.5) is 10.5 Å². The van der Waals surface area contributed by atoms with Crippen LogP contribution in [0.5, 0.6) is 0 Å². The zero-order valence-electron chi connectivity index (χ0n) is 12.2. The van der Waals surface area contributed by atoms with Crippen LogP contribution >= 0.6 is 45.8 Å². The number of nitrogens with two attached hydrogens (primary N) is 1. The van der Waals surface area contributed by atoms with E-state index in [1.165, 1.54) is 4.90 Å². The highest BCUT2D eigenvalue weighted by Gasteiger charge is 2.28. The fraction of sp³-hybridized carbons (Fsp3) is 0.214. The summed E-state index contributed by atoms with van der Waals surface area (Å²) in [6.45, 7) is 1.21. The van der Waals surface area contributed by atoms with Gasteiger partial charge in [-0.2, -0.15) is 5.10 Å². The fourth-order valence-corrected chi connectivity index (χ4v) is 3.58. The molecule has 2 heterocycles. The minimum atomic E-state index is -0.520. The lowest BCUT2D eigenvalue weighted by atomic mass is 10.2. The number of carbonyl (C=O) groups excluding carboxylic acids is 2. The summed E-state index contributed by atoms with van der Waals surface area (Å²) in [4.78, 5) is 25.5. The first kappa shape index (κ1) is 17.3. The zero-order chi connectivity index (χ0) is 17.4. The van der Waals surface area contributed by atoms with Gasteiger partial charge in [-0.25, -0.2) is 4.79 Å². The molecule has 1 aliphatic heterocycles. The highest BCUT2D eigenvalue weighted by molar-refractivity contribution is 14.1. The summed E-state index contributed by atoms with van der Waals surface area (Å²) in [6.07, 6.45) is 0. The van der Waals surface area contributed by atoms with Gasteiger partial charge in [-0.1, -0.05) is 23.2 Å². The molecule has 126 valence electrons. The smallest absolute Gasteiger partial charge is 0.315 e. The highest BCUT2D eigenvalue weighted by atomic mass is 127. The number of hydrogen-bond donors (Lipinski definition) is 2. The van der Waals surface area contributed by atoms with Crippen LogP contribution in [0.1, 0.15) is 16.1 Å². The Kier molecular flexibility index (Phi) is 4.88. The Morgan fingerprint density at radius 3 is 2.67 bits per heavy atom. The Morgan fingerprint density at radius 2 is 2.00 bits per heavy atom. The lowest BCUT2D eigenvalue weighted by Gasteiger charge is -2.26. The lowest BCUT2D eigenvalue weighted by molar-refractivity contribution is 0.102. The van der Waals surface area contributed by atoms with E-state index < -0.39 is 6.03 Å². The quantitative estimate of drug-likeness (QED) is 0.648. The third kappa shape index (κ3) is 3.31. The number of nitrogens with zero attached hydrogens (tertiary/aromatic N) is 3. The van der Waals surface area contributed by atoms with Gasteiger partial charge in [0.25, 0.3) is 5.91 Å². The van der Waals surface area contributed by atoms with E-state index in [0.29, 0.717) is 43.8 Å². The van der Waals surface area contributed by atoms with Crippen molar-refractivity contribution in [1.29, 1.82) is 0 Å². The Bertz CT molecular complexity index is 839. The summed E-state index contributed by atoms with van der Waals surface area (Å²) in [5.74, 6) is -0.328. The lowest BCUT2D eigenvalue weighted by Crippen LogP contribution is -2.42. The molecule has 0 saturated carbocycles. The average molecular weight is 480 g/mol. The molecular weight excluding hydrogens is 468 g/mol. The topological polar surface area (TPSA) is 93.2 Å². The molecule has 0 spiro atoms. The largest absolute Gasteiger partial charge is 0.351 e. The van der Waals surface area contributed by atoms with Crippen molar-refractivity contribution in [2.75, 3.05) is 11.9 Å². The van der Waals surface area contributed by atoms with Gasteiger partial charge in [0.05, 0.1) is 34.4 Å². The third-order valence-electron chi connectivity index (χ3n) is 3.65. The number of benzene rings is 1. The van der Waals surface area contributed by atoms with Crippen LogP contribution in [0.25, 0.3) is 0 Å². The molecule has 24 heavy (non-hydrogen) atoms. The average Bonchev–Trinajstić information content (AvgIpc) is 2.85. The van der Waals surface area contributed by atoms with Gasteiger partial charge in [-0.15, -0.1) is 0 Å². The molecule has 1 aliphatic rings. The van der Waals surface area contributed by atoms with E-state index in [2.05, 4.69) is 10.4 Å². The van der Waals surface area contributed by atoms with Crippen LogP contribution in [0.15, 0.2) is 18.2 Å². The van der Waals surface area contributed by atoms with Crippen LogP contribution < -0.4 is 11.1 Å². The Balaban J connectivity index is 1.89. The zero-order valence-corrected chi connectivity index (χ0v) is 15.9. The van der Waals surface area contributed by atoms with Crippen molar-refractivity contribution in [3.8, 4) is 0 Å². The number of nitrogens with one attached hydrogen (secondary N) is 1. The first-order valence-electron chi connectivity index (χ1n) is 6.92. The maximum atomic E-state index is 12.7. The molecule has 10 heteroatoms. The minimum Gasteiger partial charge on any atom is -0.351 e. The van der Waals surface area contributed by atoms with Crippen LogP contribution in [0, 0.1) is 3.70 Å². The summed E-state index contributed by atoms with van der Waals surface area (Å²) < 4.78 is 2.29. The van der Waals surface area contributed by atoms with E-state index in [4.69, 9.17) is 28.9 Å². The van der Waals surface area contributed by atoms with Crippen LogP contribution in [-0.2, 0) is 13.1 Å². The van der Waals surface area contributed by atoms with Crippen LogP contribution in [-0.4, -0.2) is 33.2 Å². The molecule has 2 aromatic rings. The maximum Gasteiger partial charge on any atom is 0.315 e. The minimum absolute atomic E-state index is 0.245. The number of rotatable bonds is 2. The van der Waals surface area contributed by atoms with E-state index in [0.717, 1.165) is 0 Å². The van der Waals surface area contributed by atoms with Gasteiger partial charge in [-0.3, -0.25) is 9.48 Å². The molecule has 1 aromatic heterocycles. The second-order valence-corrected chi connectivity index (χ2v) is 7.01. The molecule has 0 atom stereocenters. The molecule has 0 unspecified atom stereocenters. The second kappa shape index (κ2) is 6.77. The number of primary amides is 1. The summed E-state index contributed by atoms with van der Waals surface area (Å²) >= 11 is 13.8. The SMILES string of the molecule is NC(=O)N1CCn2nc(I)c(C(=O)Nc3ccc(Cl)c(Cl)c3)c2C1. The molecule has 3 amide bonds. The van der Waals surface area contributed by atoms with Crippen molar-refractivity contribution in [2.45, 2.75) is 13.1 Å². The molecular formula is C14H12Cl2IN5O2. The number of urea groups is 1. The summed E-state index contributed by atoms with van der Waals surface area (Å²) in [5.41, 5.74) is 6.94. The summed E-state index contributed by atoms with van der Waals surface area (Å²) in [5, 5.41) is 7.88. The van der Waals surface area contributed by atoms with E-state index in [9.17, 15) is 9.59 Å². The van der Waals surface area contributed by atoms with Crippen LogP contribution in [0.3, 0.4) is 0 Å².